The Balaban J connectivity index is 2.93. The fourth-order valence-corrected chi connectivity index (χ4v) is 8.41. The molecule has 1 rings (SSSR count). The molecule has 0 unspecified atom stereocenters. The van der Waals surface area contributed by atoms with Gasteiger partial charge in [-0.25, -0.2) is 0 Å². The summed E-state index contributed by atoms with van der Waals surface area (Å²) >= 11 is 0. The van der Waals surface area contributed by atoms with Crippen LogP contribution in [0, 0.1) is 0 Å². The van der Waals surface area contributed by atoms with E-state index in [1.54, 1.807) is 0 Å². The molecule has 0 atom stereocenters. The van der Waals surface area contributed by atoms with Gasteiger partial charge >= 0.3 is 0 Å². The van der Waals surface area contributed by atoms with Gasteiger partial charge in [-0.1, -0.05) is 41.5 Å². The van der Waals surface area contributed by atoms with E-state index in [1.807, 2.05) is 6.20 Å². The quantitative estimate of drug-likeness (QED) is 0.741. The zero-order valence-electron chi connectivity index (χ0n) is 12.1. The van der Waals surface area contributed by atoms with Crippen LogP contribution < -0.4 is 10.6 Å². The first-order chi connectivity index (χ1) is 7.91. The van der Waals surface area contributed by atoms with Crippen LogP contribution in [0.3, 0.4) is 0 Å². The molecule has 0 radical (unpaired) electrons. The molecule has 0 aliphatic carbocycles. The summed E-state index contributed by atoms with van der Waals surface area (Å²) in [6.07, 6.45) is 2.03. The van der Waals surface area contributed by atoms with E-state index in [2.05, 4.69) is 52.2 Å². The SMILES string of the molecule is CC(C)[Si](OC1=CNCNC1)(C(C)C)C(C)C. The van der Waals surface area contributed by atoms with E-state index in [0.717, 1.165) is 19.0 Å². The summed E-state index contributed by atoms with van der Waals surface area (Å²) in [6, 6.07) is 0. The molecule has 0 amide bonds. The zero-order chi connectivity index (χ0) is 13.1. The van der Waals surface area contributed by atoms with Crippen LogP contribution in [0.25, 0.3) is 0 Å². The molecule has 0 bridgehead atoms. The molecular formula is C13H28N2OSi. The maximum atomic E-state index is 6.54. The van der Waals surface area contributed by atoms with Gasteiger partial charge in [-0.15, -0.1) is 0 Å². The molecule has 17 heavy (non-hydrogen) atoms. The summed E-state index contributed by atoms with van der Waals surface area (Å²) in [6.45, 7) is 15.6. The minimum atomic E-state index is -1.76. The molecule has 0 saturated carbocycles. The lowest BCUT2D eigenvalue weighted by Crippen LogP contribution is -2.49. The molecule has 100 valence electrons. The Morgan fingerprint density at radius 1 is 1.06 bits per heavy atom. The average Bonchev–Trinajstić information content (AvgIpc) is 2.25. The van der Waals surface area contributed by atoms with Gasteiger partial charge in [-0.3, -0.25) is 5.32 Å². The zero-order valence-corrected chi connectivity index (χ0v) is 13.1. The smallest absolute Gasteiger partial charge is 0.258 e. The number of hydrogen-bond donors (Lipinski definition) is 2. The van der Waals surface area contributed by atoms with Crippen LogP contribution in [0.2, 0.25) is 16.6 Å². The molecule has 0 aromatic rings. The second-order valence-electron chi connectivity index (χ2n) is 5.84. The van der Waals surface area contributed by atoms with Crippen LogP contribution in [-0.4, -0.2) is 21.5 Å². The highest BCUT2D eigenvalue weighted by Gasteiger charge is 2.47. The minimum absolute atomic E-state index is 0.630. The Labute approximate surface area is 107 Å². The standard InChI is InChI=1S/C13H28N2OSi/c1-10(2)17(11(3)4,12(5)6)16-13-7-14-9-15-8-13/h7,10-12,14-15H,8-9H2,1-6H3. The molecular weight excluding hydrogens is 228 g/mol. The Morgan fingerprint density at radius 3 is 1.94 bits per heavy atom. The van der Waals surface area contributed by atoms with Crippen molar-refractivity contribution < 1.29 is 4.43 Å². The van der Waals surface area contributed by atoms with Gasteiger partial charge in [0.1, 0.15) is 5.76 Å². The van der Waals surface area contributed by atoms with Crippen molar-refractivity contribution >= 4 is 8.32 Å². The third-order valence-corrected chi connectivity index (χ3v) is 9.83. The van der Waals surface area contributed by atoms with Gasteiger partial charge < -0.3 is 9.74 Å². The first-order valence-corrected chi connectivity index (χ1v) is 8.87. The maximum Gasteiger partial charge on any atom is 0.258 e. The second-order valence-corrected chi connectivity index (χ2v) is 11.2. The first kappa shape index (κ1) is 14.6. The second kappa shape index (κ2) is 5.91. The monoisotopic (exact) mass is 256 g/mol. The van der Waals surface area contributed by atoms with Gasteiger partial charge in [0, 0.05) is 6.20 Å². The van der Waals surface area contributed by atoms with Crippen LogP contribution in [0.15, 0.2) is 12.0 Å². The normalized spacial score (nSPS) is 17.4. The first-order valence-electron chi connectivity index (χ1n) is 6.73. The Kier molecular flexibility index (Phi) is 5.07. The van der Waals surface area contributed by atoms with E-state index in [0.29, 0.717) is 16.6 Å². The number of nitrogens with one attached hydrogen (secondary N) is 2. The molecule has 0 aromatic heterocycles. The van der Waals surface area contributed by atoms with Gasteiger partial charge in [0.25, 0.3) is 8.32 Å². The van der Waals surface area contributed by atoms with E-state index < -0.39 is 8.32 Å². The van der Waals surface area contributed by atoms with Crippen molar-refractivity contribution in [3.8, 4) is 0 Å². The van der Waals surface area contributed by atoms with Crippen molar-refractivity contribution in [1.29, 1.82) is 0 Å². The lowest BCUT2D eigenvalue weighted by molar-refractivity contribution is 0.342. The lowest BCUT2D eigenvalue weighted by Gasteiger charge is -2.43. The Bertz CT molecular complexity index is 253. The largest absolute Gasteiger partial charge is 0.544 e. The van der Waals surface area contributed by atoms with Crippen molar-refractivity contribution in [3.05, 3.63) is 12.0 Å². The van der Waals surface area contributed by atoms with Gasteiger partial charge in [0.2, 0.25) is 0 Å². The van der Waals surface area contributed by atoms with Crippen LogP contribution in [0.1, 0.15) is 41.5 Å². The molecule has 3 nitrogen and oxygen atoms in total. The topological polar surface area (TPSA) is 33.3 Å². The molecule has 4 heteroatoms. The molecule has 1 aliphatic rings. The summed E-state index contributed by atoms with van der Waals surface area (Å²) in [4.78, 5) is 0. The van der Waals surface area contributed by atoms with Gasteiger partial charge in [-0.05, 0) is 16.6 Å². The van der Waals surface area contributed by atoms with Crippen molar-refractivity contribution in [1.82, 2.24) is 10.6 Å². The van der Waals surface area contributed by atoms with Crippen molar-refractivity contribution in [2.24, 2.45) is 0 Å². The van der Waals surface area contributed by atoms with Crippen molar-refractivity contribution in [2.45, 2.75) is 58.2 Å². The molecule has 0 aromatic carbocycles. The van der Waals surface area contributed by atoms with Crippen LogP contribution in [0.5, 0.6) is 0 Å². The van der Waals surface area contributed by atoms with E-state index >= 15 is 0 Å². The van der Waals surface area contributed by atoms with E-state index in [4.69, 9.17) is 4.43 Å². The summed E-state index contributed by atoms with van der Waals surface area (Å²) in [7, 11) is -1.76. The fraction of sp³-hybridized carbons (Fsp3) is 0.846. The Morgan fingerprint density at radius 2 is 1.59 bits per heavy atom. The van der Waals surface area contributed by atoms with Crippen LogP contribution in [-0.2, 0) is 4.43 Å². The highest BCUT2D eigenvalue weighted by molar-refractivity contribution is 6.77. The molecule has 0 fully saturated rings. The third-order valence-electron chi connectivity index (χ3n) is 3.80. The molecule has 2 N–H and O–H groups in total. The van der Waals surface area contributed by atoms with Crippen LogP contribution >= 0.6 is 0 Å². The van der Waals surface area contributed by atoms with E-state index in [9.17, 15) is 0 Å². The van der Waals surface area contributed by atoms with Gasteiger partial charge in [0.15, 0.2) is 0 Å². The molecule has 0 saturated heterocycles. The molecule has 0 spiro atoms. The van der Waals surface area contributed by atoms with E-state index in [1.165, 1.54) is 0 Å². The lowest BCUT2D eigenvalue weighted by atomic mass is 10.5. The summed E-state index contributed by atoms with van der Waals surface area (Å²) in [5, 5.41) is 6.49. The number of rotatable bonds is 5. The predicted molar refractivity (Wildman–Crippen MR) is 76.2 cm³/mol. The third kappa shape index (κ3) is 3.04. The van der Waals surface area contributed by atoms with Crippen molar-refractivity contribution in [2.75, 3.05) is 13.2 Å². The molecule has 1 aliphatic heterocycles. The maximum absolute atomic E-state index is 6.54. The number of hydrogen-bond acceptors (Lipinski definition) is 3. The predicted octanol–water partition coefficient (Wildman–Crippen LogP) is 3.17. The van der Waals surface area contributed by atoms with E-state index in [-0.39, 0.29) is 0 Å². The molecule has 1 heterocycles. The van der Waals surface area contributed by atoms with Gasteiger partial charge in [-0.2, -0.15) is 0 Å². The fourth-order valence-electron chi connectivity index (χ4n) is 3.12. The summed E-state index contributed by atoms with van der Waals surface area (Å²) in [5.41, 5.74) is 1.89. The summed E-state index contributed by atoms with van der Waals surface area (Å²) in [5.74, 6) is 1.08. The average molecular weight is 256 g/mol. The minimum Gasteiger partial charge on any atom is -0.544 e. The highest BCUT2D eigenvalue weighted by Crippen LogP contribution is 2.43. The highest BCUT2D eigenvalue weighted by atomic mass is 28.4. The summed E-state index contributed by atoms with van der Waals surface area (Å²) < 4.78 is 6.54. The van der Waals surface area contributed by atoms with Gasteiger partial charge in [0.05, 0.1) is 13.2 Å². The van der Waals surface area contributed by atoms with Crippen molar-refractivity contribution in [3.63, 3.8) is 0 Å². The Hall–Kier alpha value is -0.483. The van der Waals surface area contributed by atoms with Crippen LogP contribution in [0.4, 0.5) is 0 Å².